The van der Waals surface area contributed by atoms with Crippen LogP contribution in [0.25, 0.3) is 0 Å². The SMILES string of the molecule is CCC(=O)NCC(O)c1cccc(OC(C)C)c1. The van der Waals surface area contributed by atoms with E-state index in [2.05, 4.69) is 5.32 Å². The zero-order chi connectivity index (χ0) is 13.5. The van der Waals surface area contributed by atoms with E-state index in [9.17, 15) is 9.90 Å². The average molecular weight is 251 g/mol. The van der Waals surface area contributed by atoms with Crippen LogP contribution in [-0.4, -0.2) is 23.7 Å². The summed E-state index contributed by atoms with van der Waals surface area (Å²) in [4.78, 5) is 11.1. The summed E-state index contributed by atoms with van der Waals surface area (Å²) in [5, 5.41) is 12.6. The minimum absolute atomic E-state index is 0.0661. The second kappa shape index (κ2) is 7.01. The van der Waals surface area contributed by atoms with E-state index in [0.717, 1.165) is 11.3 Å². The smallest absolute Gasteiger partial charge is 0.219 e. The first kappa shape index (κ1) is 14.5. The van der Waals surface area contributed by atoms with Crippen molar-refractivity contribution in [1.82, 2.24) is 5.32 Å². The molecule has 1 aromatic rings. The molecule has 1 rings (SSSR count). The maximum absolute atomic E-state index is 11.1. The van der Waals surface area contributed by atoms with E-state index >= 15 is 0 Å². The Balaban J connectivity index is 2.62. The van der Waals surface area contributed by atoms with Crippen LogP contribution >= 0.6 is 0 Å². The summed E-state index contributed by atoms with van der Waals surface area (Å²) in [6, 6.07) is 7.29. The number of carbonyl (C=O) groups is 1. The molecule has 0 heterocycles. The monoisotopic (exact) mass is 251 g/mol. The van der Waals surface area contributed by atoms with Crippen molar-refractivity contribution in [2.75, 3.05) is 6.54 Å². The Morgan fingerprint density at radius 2 is 2.17 bits per heavy atom. The van der Waals surface area contributed by atoms with Crippen molar-refractivity contribution in [3.05, 3.63) is 29.8 Å². The van der Waals surface area contributed by atoms with Gasteiger partial charge in [0.2, 0.25) is 5.91 Å². The molecule has 4 nitrogen and oxygen atoms in total. The van der Waals surface area contributed by atoms with Gasteiger partial charge < -0.3 is 15.2 Å². The van der Waals surface area contributed by atoms with Gasteiger partial charge in [-0.05, 0) is 31.5 Å². The zero-order valence-electron chi connectivity index (χ0n) is 11.1. The van der Waals surface area contributed by atoms with Crippen LogP contribution in [0.1, 0.15) is 38.9 Å². The number of rotatable bonds is 6. The van der Waals surface area contributed by atoms with Crippen molar-refractivity contribution >= 4 is 5.91 Å². The lowest BCUT2D eigenvalue weighted by atomic mass is 10.1. The molecule has 4 heteroatoms. The number of ether oxygens (including phenoxy) is 1. The van der Waals surface area contributed by atoms with Crippen molar-refractivity contribution in [2.45, 2.75) is 39.4 Å². The molecule has 0 aromatic heterocycles. The number of amides is 1. The van der Waals surface area contributed by atoms with Crippen LogP contribution in [0.2, 0.25) is 0 Å². The fourth-order valence-corrected chi connectivity index (χ4v) is 1.52. The van der Waals surface area contributed by atoms with Crippen LogP contribution in [0, 0.1) is 0 Å². The lowest BCUT2D eigenvalue weighted by Crippen LogP contribution is -2.27. The van der Waals surface area contributed by atoms with Gasteiger partial charge in [0.05, 0.1) is 12.2 Å². The molecule has 1 aromatic carbocycles. The van der Waals surface area contributed by atoms with Crippen LogP contribution in [0.15, 0.2) is 24.3 Å². The fourth-order valence-electron chi connectivity index (χ4n) is 1.52. The summed E-state index contributed by atoms with van der Waals surface area (Å²) in [5.74, 6) is 0.659. The van der Waals surface area contributed by atoms with Crippen LogP contribution in [0.4, 0.5) is 0 Å². The van der Waals surface area contributed by atoms with Crippen molar-refractivity contribution in [2.24, 2.45) is 0 Å². The molecular formula is C14H21NO3. The predicted octanol–water partition coefficient (Wildman–Crippen LogP) is 2.03. The highest BCUT2D eigenvalue weighted by Crippen LogP contribution is 2.19. The maximum atomic E-state index is 11.1. The molecule has 0 bridgehead atoms. The molecular weight excluding hydrogens is 230 g/mol. The molecule has 18 heavy (non-hydrogen) atoms. The van der Waals surface area contributed by atoms with Gasteiger partial charge in [0.25, 0.3) is 0 Å². The molecule has 0 spiro atoms. The number of benzene rings is 1. The summed E-state index contributed by atoms with van der Waals surface area (Å²) in [6.45, 7) is 5.89. The first-order valence-electron chi connectivity index (χ1n) is 6.24. The highest BCUT2D eigenvalue weighted by atomic mass is 16.5. The highest BCUT2D eigenvalue weighted by molar-refractivity contribution is 5.75. The minimum Gasteiger partial charge on any atom is -0.491 e. The Morgan fingerprint density at radius 3 is 2.78 bits per heavy atom. The Hall–Kier alpha value is -1.55. The molecule has 1 amide bonds. The number of hydrogen-bond acceptors (Lipinski definition) is 3. The molecule has 0 aliphatic rings. The van der Waals surface area contributed by atoms with Crippen LogP contribution < -0.4 is 10.1 Å². The van der Waals surface area contributed by atoms with Gasteiger partial charge in [-0.3, -0.25) is 4.79 Å². The zero-order valence-corrected chi connectivity index (χ0v) is 11.1. The third kappa shape index (κ3) is 4.75. The van der Waals surface area contributed by atoms with Gasteiger partial charge in [-0.25, -0.2) is 0 Å². The van der Waals surface area contributed by atoms with Crippen molar-refractivity contribution in [3.63, 3.8) is 0 Å². The Labute approximate surface area is 108 Å². The first-order chi connectivity index (χ1) is 8.52. The second-order valence-corrected chi connectivity index (χ2v) is 4.41. The van der Waals surface area contributed by atoms with Crippen LogP contribution in [0.5, 0.6) is 5.75 Å². The van der Waals surface area contributed by atoms with Gasteiger partial charge in [0, 0.05) is 13.0 Å². The van der Waals surface area contributed by atoms with E-state index in [0.29, 0.717) is 6.42 Å². The third-order valence-corrected chi connectivity index (χ3v) is 2.43. The molecule has 1 atom stereocenters. The number of carbonyl (C=O) groups excluding carboxylic acids is 1. The van der Waals surface area contributed by atoms with Crippen molar-refractivity contribution < 1.29 is 14.6 Å². The molecule has 0 saturated carbocycles. The summed E-state index contributed by atoms with van der Waals surface area (Å²) >= 11 is 0. The molecule has 0 radical (unpaired) electrons. The van der Waals surface area contributed by atoms with Gasteiger partial charge in [-0.2, -0.15) is 0 Å². The topological polar surface area (TPSA) is 58.6 Å². The fraction of sp³-hybridized carbons (Fsp3) is 0.500. The van der Waals surface area contributed by atoms with E-state index < -0.39 is 6.10 Å². The third-order valence-electron chi connectivity index (χ3n) is 2.43. The van der Waals surface area contributed by atoms with Crippen molar-refractivity contribution in [3.8, 4) is 5.75 Å². The van der Waals surface area contributed by atoms with Gasteiger partial charge in [-0.1, -0.05) is 19.1 Å². The molecule has 0 saturated heterocycles. The second-order valence-electron chi connectivity index (χ2n) is 4.41. The van der Waals surface area contributed by atoms with Crippen molar-refractivity contribution in [1.29, 1.82) is 0 Å². The van der Waals surface area contributed by atoms with E-state index in [-0.39, 0.29) is 18.6 Å². The Kier molecular flexibility index (Phi) is 5.65. The van der Waals surface area contributed by atoms with E-state index in [1.807, 2.05) is 32.0 Å². The minimum atomic E-state index is -0.712. The number of hydrogen-bond donors (Lipinski definition) is 2. The largest absolute Gasteiger partial charge is 0.491 e. The predicted molar refractivity (Wildman–Crippen MR) is 70.5 cm³/mol. The van der Waals surface area contributed by atoms with Crippen LogP contribution in [0.3, 0.4) is 0 Å². The molecule has 100 valence electrons. The molecule has 0 aliphatic carbocycles. The van der Waals surface area contributed by atoms with Crippen LogP contribution in [-0.2, 0) is 4.79 Å². The highest BCUT2D eigenvalue weighted by Gasteiger charge is 2.10. The Bertz CT molecular complexity index is 390. The quantitative estimate of drug-likeness (QED) is 0.813. The average Bonchev–Trinajstić information content (AvgIpc) is 2.35. The van der Waals surface area contributed by atoms with E-state index in [1.165, 1.54) is 0 Å². The summed E-state index contributed by atoms with van der Waals surface area (Å²) in [7, 11) is 0. The van der Waals surface area contributed by atoms with E-state index in [4.69, 9.17) is 4.74 Å². The lowest BCUT2D eigenvalue weighted by Gasteiger charge is -2.14. The number of nitrogens with one attached hydrogen (secondary N) is 1. The van der Waals surface area contributed by atoms with Gasteiger partial charge in [0.15, 0.2) is 0 Å². The standard InChI is InChI=1S/C14H21NO3/c1-4-14(17)15-9-13(16)11-6-5-7-12(8-11)18-10(2)3/h5-8,10,13,16H,4,9H2,1-3H3,(H,15,17). The van der Waals surface area contributed by atoms with Gasteiger partial charge >= 0.3 is 0 Å². The maximum Gasteiger partial charge on any atom is 0.219 e. The summed E-state index contributed by atoms with van der Waals surface area (Å²) < 4.78 is 5.55. The van der Waals surface area contributed by atoms with Gasteiger partial charge in [0.1, 0.15) is 5.75 Å². The molecule has 2 N–H and O–H groups in total. The normalized spacial score (nSPS) is 12.3. The number of aliphatic hydroxyl groups excluding tert-OH is 1. The first-order valence-corrected chi connectivity index (χ1v) is 6.24. The Morgan fingerprint density at radius 1 is 1.44 bits per heavy atom. The summed E-state index contributed by atoms with van der Waals surface area (Å²) in [6.07, 6.45) is -0.197. The molecule has 0 aliphatic heterocycles. The molecule has 1 unspecified atom stereocenters. The summed E-state index contributed by atoms with van der Waals surface area (Å²) in [5.41, 5.74) is 0.740. The van der Waals surface area contributed by atoms with Gasteiger partial charge in [-0.15, -0.1) is 0 Å². The number of aliphatic hydroxyl groups is 1. The van der Waals surface area contributed by atoms with E-state index in [1.54, 1.807) is 13.0 Å². The molecule has 0 fully saturated rings. The lowest BCUT2D eigenvalue weighted by molar-refractivity contribution is -0.121.